The molecule has 6 nitrogen and oxygen atoms in total. The molecule has 0 spiro atoms. The fraction of sp³-hybridized carbons (Fsp3) is 0.667. The zero-order chi connectivity index (χ0) is 50.0. The van der Waals surface area contributed by atoms with Crippen molar-refractivity contribution in [2.75, 3.05) is 13.2 Å². The lowest BCUT2D eigenvalue weighted by Gasteiger charge is -2.18. The summed E-state index contributed by atoms with van der Waals surface area (Å²) in [5.41, 5.74) is 0. The van der Waals surface area contributed by atoms with Crippen molar-refractivity contribution >= 4 is 17.9 Å². The maximum atomic E-state index is 12.8. The van der Waals surface area contributed by atoms with Gasteiger partial charge in [0.15, 0.2) is 6.10 Å². The fourth-order valence-corrected chi connectivity index (χ4v) is 7.48. The molecule has 0 saturated carbocycles. The molecular formula is C63H104O6. The van der Waals surface area contributed by atoms with Gasteiger partial charge in [-0.1, -0.05) is 220 Å². The highest BCUT2D eigenvalue weighted by Crippen LogP contribution is 2.13. The van der Waals surface area contributed by atoms with E-state index in [1.165, 1.54) is 96.3 Å². The monoisotopic (exact) mass is 957 g/mol. The average molecular weight is 958 g/mol. The molecule has 0 aliphatic carbocycles. The quantitative estimate of drug-likeness (QED) is 0.0262. The Balaban J connectivity index is 4.53. The maximum Gasteiger partial charge on any atom is 0.306 e. The van der Waals surface area contributed by atoms with E-state index in [9.17, 15) is 14.4 Å². The molecule has 0 aromatic rings. The Hall–Kier alpha value is -3.93. The number of rotatable bonds is 50. The van der Waals surface area contributed by atoms with Crippen LogP contribution in [0.5, 0.6) is 0 Å². The van der Waals surface area contributed by atoms with Gasteiger partial charge in [-0.2, -0.15) is 0 Å². The molecule has 1 atom stereocenters. The van der Waals surface area contributed by atoms with E-state index in [1.54, 1.807) is 0 Å². The predicted molar refractivity (Wildman–Crippen MR) is 297 cm³/mol. The minimum Gasteiger partial charge on any atom is -0.462 e. The molecule has 0 aliphatic heterocycles. The van der Waals surface area contributed by atoms with Gasteiger partial charge in [0.25, 0.3) is 0 Å². The van der Waals surface area contributed by atoms with Crippen molar-refractivity contribution in [3.8, 4) is 0 Å². The first-order valence-electron chi connectivity index (χ1n) is 28.4. The second-order valence-corrected chi connectivity index (χ2v) is 18.5. The van der Waals surface area contributed by atoms with E-state index in [4.69, 9.17) is 14.2 Å². The second kappa shape index (κ2) is 56.7. The van der Waals surface area contributed by atoms with Gasteiger partial charge in [0.2, 0.25) is 0 Å². The molecular weight excluding hydrogens is 853 g/mol. The van der Waals surface area contributed by atoms with Crippen LogP contribution in [-0.4, -0.2) is 37.2 Å². The van der Waals surface area contributed by atoms with Gasteiger partial charge in [0.05, 0.1) is 0 Å². The van der Waals surface area contributed by atoms with Crippen molar-refractivity contribution in [2.24, 2.45) is 0 Å². The van der Waals surface area contributed by atoms with Crippen LogP contribution in [0.2, 0.25) is 0 Å². The topological polar surface area (TPSA) is 78.9 Å². The molecule has 392 valence electrons. The van der Waals surface area contributed by atoms with Crippen LogP contribution in [0.15, 0.2) is 109 Å². The first-order valence-corrected chi connectivity index (χ1v) is 28.4. The Labute approximate surface area is 425 Å². The van der Waals surface area contributed by atoms with Crippen molar-refractivity contribution < 1.29 is 28.6 Å². The molecule has 0 aromatic carbocycles. The Bertz CT molecular complexity index is 1420. The van der Waals surface area contributed by atoms with E-state index >= 15 is 0 Å². The summed E-state index contributed by atoms with van der Waals surface area (Å²) in [6.07, 6.45) is 76.5. The van der Waals surface area contributed by atoms with Gasteiger partial charge in [-0.05, 0) is 122 Å². The summed E-state index contributed by atoms with van der Waals surface area (Å²) in [5, 5.41) is 0. The summed E-state index contributed by atoms with van der Waals surface area (Å²) in [6.45, 7) is 6.42. The van der Waals surface area contributed by atoms with E-state index in [0.717, 1.165) is 109 Å². The molecule has 6 heteroatoms. The van der Waals surface area contributed by atoms with Gasteiger partial charge in [0, 0.05) is 19.3 Å². The normalized spacial score (nSPS) is 12.9. The zero-order valence-electron chi connectivity index (χ0n) is 44.8. The molecule has 69 heavy (non-hydrogen) atoms. The van der Waals surface area contributed by atoms with Gasteiger partial charge < -0.3 is 14.2 Å². The molecule has 0 heterocycles. The van der Waals surface area contributed by atoms with Crippen LogP contribution in [0.3, 0.4) is 0 Å². The molecule has 0 fully saturated rings. The highest BCUT2D eigenvalue weighted by Gasteiger charge is 2.19. The Morgan fingerprint density at radius 3 is 0.957 bits per heavy atom. The number of carbonyl (C=O) groups is 3. The number of ether oxygens (including phenoxy) is 3. The lowest BCUT2D eigenvalue weighted by molar-refractivity contribution is -0.167. The summed E-state index contributed by atoms with van der Waals surface area (Å²) in [4.78, 5) is 38.1. The van der Waals surface area contributed by atoms with E-state index in [2.05, 4.69) is 130 Å². The minimum atomic E-state index is -0.821. The van der Waals surface area contributed by atoms with Gasteiger partial charge >= 0.3 is 17.9 Å². The lowest BCUT2D eigenvalue weighted by atomic mass is 10.1. The first kappa shape index (κ1) is 65.1. The van der Waals surface area contributed by atoms with Crippen LogP contribution in [0.1, 0.15) is 252 Å². The number of esters is 3. The Morgan fingerprint density at radius 1 is 0.304 bits per heavy atom. The van der Waals surface area contributed by atoms with E-state index in [1.807, 2.05) is 0 Å². The summed E-state index contributed by atoms with van der Waals surface area (Å²) in [6, 6.07) is 0. The largest absolute Gasteiger partial charge is 0.462 e. The maximum absolute atomic E-state index is 12.8. The number of allylic oxidation sites excluding steroid dienone is 18. The molecule has 0 aliphatic rings. The summed E-state index contributed by atoms with van der Waals surface area (Å²) in [7, 11) is 0. The lowest BCUT2D eigenvalue weighted by Crippen LogP contribution is -2.30. The smallest absolute Gasteiger partial charge is 0.306 e. The number of hydrogen-bond donors (Lipinski definition) is 0. The number of unbranched alkanes of at least 4 members (excludes halogenated alkanes) is 21. The third-order valence-corrected chi connectivity index (χ3v) is 11.7. The highest BCUT2D eigenvalue weighted by molar-refractivity contribution is 5.71. The van der Waals surface area contributed by atoms with Gasteiger partial charge in [0.1, 0.15) is 13.2 Å². The highest BCUT2D eigenvalue weighted by atomic mass is 16.6. The van der Waals surface area contributed by atoms with Gasteiger partial charge in [-0.3, -0.25) is 14.4 Å². The van der Waals surface area contributed by atoms with Crippen LogP contribution in [0.4, 0.5) is 0 Å². The first-order chi connectivity index (χ1) is 34.0. The van der Waals surface area contributed by atoms with E-state index in [-0.39, 0.29) is 37.5 Å². The fourth-order valence-electron chi connectivity index (χ4n) is 7.48. The van der Waals surface area contributed by atoms with E-state index in [0.29, 0.717) is 19.3 Å². The number of hydrogen-bond acceptors (Lipinski definition) is 6. The van der Waals surface area contributed by atoms with Crippen molar-refractivity contribution in [2.45, 2.75) is 258 Å². The molecule has 0 bridgehead atoms. The predicted octanol–water partition coefficient (Wildman–Crippen LogP) is 19.1. The van der Waals surface area contributed by atoms with Crippen molar-refractivity contribution in [3.63, 3.8) is 0 Å². The molecule has 0 unspecified atom stereocenters. The Morgan fingerprint density at radius 2 is 0.580 bits per heavy atom. The average Bonchev–Trinajstić information content (AvgIpc) is 3.35. The van der Waals surface area contributed by atoms with Crippen LogP contribution in [-0.2, 0) is 28.6 Å². The molecule has 0 amide bonds. The molecule has 0 rings (SSSR count). The van der Waals surface area contributed by atoms with Crippen LogP contribution in [0, 0.1) is 0 Å². The summed E-state index contributed by atoms with van der Waals surface area (Å²) in [5.74, 6) is -0.997. The molecule has 0 aromatic heterocycles. The Kier molecular flexibility index (Phi) is 53.4. The third kappa shape index (κ3) is 54.9. The van der Waals surface area contributed by atoms with Crippen molar-refractivity contribution in [1.82, 2.24) is 0 Å². The third-order valence-electron chi connectivity index (χ3n) is 11.7. The SMILES string of the molecule is CC/C=C\C/C=C\C/C=C\C/C=C\CCCCCCC(=O)OC[C@H](COC(=O)CCCCCCCCC/C=C\C/C=C\CCCCC)OC(=O)CCC/C=C\C/C=C\C/C=C\CCCCCCCC. The van der Waals surface area contributed by atoms with Crippen molar-refractivity contribution in [1.29, 1.82) is 0 Å². The summed E-state index contributed by atoms with van der Waals surface area (Å²) < 4.78 is 16.8. The van der Waals surface area contributed by atoms with Gasteiger partial charge in [-0.15, -0.1) is 0 Å². The standard InChI is InChI=1S/C63H104O6/c1-4-7-10-13-16-19-22-25-28-31-34-37-40-43-46-49-52-55-61(64)67-58-60(69-63(66)57-54-51-48-45-42-39-36-33-30-27-24-21-18-15-12-9-6-3)59-68-62(65)56-53-50-47-44-41-38-35-32-29-26-23-20-17-14-11-8-5-2/h7,10,16-17,19-20,25-30,34,36-37,39,45,48,60H,4-6,8-9,11-15,18,21-24,31-33,35,38,40-44,46-47,49-59H2,1-3H3/b10-7-,19-16-,20-17-,28-25-,29-26-,30-27-,37-34-,39-36-,48-45-/t60-/m1/s1. The molecule has 0 saturated heterocycles. The number of carbonyl (C=O) groups excluding carboxylic acids is 3. The van der Waals surface area contributed by atoms with Crippen LogP contribution < -0.4 is 0 Å². The summed E-state index contributed by atoms with van der Waals surface area (Å²) >= 11 is 0. The molecule has 0 radical (unpaired) electrons. The van der Waals surface area contributed by atoms with Crippen molar-refractivity contribution in [3.05, 3.63) is 109 Å². The molecule has 0 N–H and O–H groups in total. The van der Waals surface area contributed by atoms with Gasteiger partial charge in [-0.25, -0.2) is 0 Å². The second-order valence-electron chi connectivity index (χ2n) is 18.5. The zero-order valence-corrected chi connectivity index (χ0v) is 44.8. The minimum absolute atomic E-state index is 0.112. The van der Waals surface area contributed by atoms with Crippen LogP contribution >= 0.6 is 0 Å². The van der Waals surface area contributed by atoms with Crippen LogP contribution in [0.25, 0.3) is 0 Å². The van der Waals surface area contributed by atoms with E-state index < -0.39 is 6.10 Å².